The van der Waals surface area contributed by atoms with Crippen LogP contribution in [0.5, 0.6) is 0 Å². The zero-order valence-corrected chi connectivity index (χ0v) is 42.0. The van der Waals surface area contributed by atoms with Crippen molar-refractivity contribution in [3.8, 4) is 61.3 Å². The molecule has 2 aromatic heterocycles. The largest absolute Gasteiger partial charge is 0.455 e. The van der Waals surface area contributed by atoms with Gasteiger partial charge in [0.2, 0.25) is 0 Å². The Bertz CT molecular complexity index is 4710. The van der Waals surface area contributed by atoms with E-state index in [1.165, 1.54) is 71.2 Å². The average Bonchev–Trinajstić information content (AvgIpc) is 4.13. The summed E-state index contributed by atoms with van der Waals surface area (Å²) in [5.74, 6) is 0. The zero-order valence-electron chi connectivity index (χ0n) is 42.0. The molecule has 0 unspecified atom stereocenters. The molecule has 0 aliphatic carbocycles. The van der Waals surface area contributed by atoms with Crippen molar-refractivity contribution in [1.29, 1.82) is 0 Å². The van der Waals surface area contributed by atoms with Gasteiger partial charge in [-0.15, -0.1) is 0 Å². The van der Waals surface area contributed by atoms with E-state index in [9.17, 15) is 0 Å². The number of aromatic nitrogens is 1. The quantitative estimate of drug-likeness (QED) is 0.144. The minimum atomic E-state index is 0.854. The van der Waals surface area contributed by atoms with Gasteiger partial charge in [-0.05, 0) is 138 Å². The number of hydrogen-bond donors (Lipinski definition) is 0. The molecule has 3 nitrogen and oxygen atoms in total. The van der Waals surface area contributed by atoms with Gasteiger partial charge in [-0.2, -0.15) is 0 Å². The van der Waals surface area contributed by atoms with Crippen LogP contribution in [0.4, 0.5) is 17.1 Å². The van der Waals surface area contributed by atoms with Gasteiger partial charge in [-0.25, -0.2) is 0 Å². The highest BCUT2D eigenvalue weighted by molar-refractivity contribution is 6.19. The van der Waals surface area contributed by atoms with Crippen molar-refractivity contribution in [3.05, 3.63) is 291 Å². The third-order valence-electron chi connectivity index (χ3n) is 15.6. The van der Waals surface area contributed by atoms with E-state index in [-0.39, 0.29) is 0 Å². The van der Waals surface area contributed by atoms with E-state index in [2.05, 4.69) is 301 Å². The maximum Gasteiger partial charge on any atom is 0.145 e. The van der Waals surface area contributed by atoms with Crippen LogP contribution in [-0.2, 0) is 0 Å². The number of para-hydroxylation sites is 3. The van der Waals surface area contributed by atoms with Crippen LogP contribution in [0.1, 0.15) is 0 Å². The van der Waals surface area contributed by atoms with Crippen molar-refractivity contribution in [2.75, 3.05) is 4.90 Å². The van der Waals surface area contributed by atoms with Crippen molar-refractivity contribution in [3.63, 3.8) is 0 Å². The van der Waals surface area contributed by atoms with Crippen LogP contribution < -0.4 is 4.90 Å². The van der Waals surface area contributed by atoms with Gasteiger partial charge in [-0.3, -0.25) is 0 Å². The first-order chi connectivity index (χ1) is 38.2. The molecule has 13 aromatic carbocycles. The van der Waals surface area contributed by atoms with Crippen LogP contribution in [0.2, 0.25) is 0 Å². The normalized spacial score (nSPS) is 11.6. The van der Waals surface area contributed by atoms with Gasteiger partial charge in [0, 0.05) is 38.8 Å². The maximum atomic E-state index is 6.98. The van der Waals surface area contributed by atoms with Crippen LogP contribution >= 0.6 is 0 Å². The monoisotopic (exact) mass is 980 g/mol. The summed E-state index contributed by atoms with van der Waals surface area (Å²) < 4.78 is 9.37. The Labute approximate surface area is 446 Å². The molecule has 0 radical (unpaired) electrons. The van der Waals surface area contributed by atoms with Gasteiger partial charge in [0.25, 0.3) is 0 Å². The summed E-state index contributed by atoms with van der Waals surface area (Å²) in [7, 11) is 0. The lowest BCUT2D eigenvalue weighted by Crippen LogP contribution is -2.10. The van der Waals surface area contributed by atoms with E-state index in [0.29, 0.717) is 0 Å². The predicted molar refractivity (Wildman–Crippen MR) is 325 cm³/mol. The number of fused-ring (bicyclic) bond motifs is 8. The molecule has 360 valence electrons. The van der Waals surface area contributed by atoms with E-state index < -0.39 is 0 Å². The van der Waals surface area contributed by atoms with Gasteiger partial charge in [0.1, 0.15) is 11.2 Å². The van der Waals surface area contributed by atoms with Crippen molar-refractivity contribution >= 4 is 82.4 Å². The molecule has 0 fully saturated rings. The second kappa shape index (κ2) is 18.3. The Hall–Kier alpha value is -10.2. The molecule has 0 aliphatic heterocycles. The molecule has 0 atom stereocenters. The molecule has 0 amide bonds. The summed E-state index contributed by atoms with van der Waals surface area (Å²) in [6, 6.07) is 106. The van der Waals surface area contributed by atoms with E-state index in [1.54, 1.807) is 0 Å². The van der Waals surface area contributed by atoms with Gasteiger partial charge in [-0.1, -0.05) is 224 Å². The van der Waals surface area contributed by atoms with Crippen LogP contribution in [0.15, 0.2) is 296 Å². The number of benzene rings is 13. The Morgan fingerprint density at radius 1 is 0.273 bits per heavy atom. The summed E-state index contributed by atoms with van der Waals surface area (Å²) in [4.78, 5) is 2.40. The van der Waals surface area contributed by atoms with Crippen LogP contribution in [-0.4, -0.2) is 4.57 Å². The number of nitrogens with zero attached hydrogens (tertiary/aromatic N) is 2. The molecule has 3 heteroatoms. The number of furan rings is 1. The lowest BCUT2D eigenvalue weighted by Gasteiger charge is -2.27. The molecule has 0 saturated carbocycles. The average molecular weight is 981 g/mol. The standard InChI is InChI=1S/C74H48N2O/c1-2-21-55(22-3-1)76-68-32-12-10-27-66(68)72-64(31-16-33-69(72)76)62-26-9-8-25-61(62)54-41-45-57(46-42-54)75(56-43-39-50(40-44-56)49-35-37-53(38-36-49)59-29-14-19-51-17-4-6-23-58(51)59)70-48-47-65(63-30-15-20-52-18-5-7-24-60(52)63)74-73(70)67-28-11-13-34-71(67)77-74/h1-48H. The molecule has 15 aromatic rings. The summed E-state index contributed by atoms with van der Waals surface area (Å²) in [5.41, 5.74) is 20.0. The number of anilines is 3. The Kier molecular flexibility index (Phi) is 10.5. The first-order valence-corrected chi connectivity index (χ1v) is 26.4. The molecule has 77 heavy (non-hydrogen) atoms. The molecule has 0 bridgehead atoms. The summed E-state index contributed by atoms with van der Waals surface area (Å²) in [6.45, 7) is 0. The lowest BCUT2D eigenvalue weighted by atomic mass is 9.91. The fourth-order valence-electron chi connectivity index (χ4n) is 12.1. The SMILES string of the molecule is c1ccc(-n2c3ccccc3c3c(-c4ccccc4-c4ccc(N(c5ccc(-c6ccc(-c7cccc8ccccc78)cc6)cc5)c5ccc(-c6cccc7ccccc67)c6oc7ccccc7c56)cc4)cccc32)cc1. The van der Waals surface area contributed by atoms with Crippen molar-refractivity contribution in [2.24, 2.45) is 0 Å². The van der Waals surface area contributed by atoms with Crippen LogP contribution in [0.3, 0.4) is 0 Å². The molecule has 15 rings (SSSR count). The molecule has 0 N–H and O–H groups in total. The van der Waals surface area contributed by atoms with Crippen molar-refractivity contribution in [1.82, 2.24) is 4.57 Å². The summed E-state index contributed by atoms with van der Waals surface area (Å²) >= 11 is 0. The van der Waals surface area contributed by atoms with E-state index in [0.717, 1.165) is 72.5 Å². The molecular weight excluding hydrogens is 933 g/mol. The summed E-state index contributed by atoms with van der Waals surface area (Å²) in [5, 5.41) is 9.50. The summed E-state index contributed by atoms with van der Waals surface area (Å²) in [6.07, 6.45) is 0. The highest BCUT2D eigenvalue weighted by atomic mass is 16.3. The molecule has 0 saturated heterocycles. The minimum Gasteiger partial charge on any atom is -0.455 e. The molecule has 0 aliphatic rings. The second-order valence-corrected chi connectivity index (χ2v) is 19.9. The van der Waals surface area contributed by atoms with E-state index in [1.807, 2.05) is 0 Å². The van der Waals surface area contributed by atoms with Gasteiger partial charge < -0.3 is 13.9 Å². The topological polar surface area (TPSA) is 21.3 Å². The lowest BCUT2D eigenvalue weighted by molar-refractivity contribution is 0.670. The van der Waals surface area contributed by atoms with Crippen molar-refractivity contribution in [2.45, 2.75) is 0 Å². The fraction of sp³-hybridized carbons (Fsp3) is 0. The Balaban J connectivity index is 0.873. The van der Waals surface area contributed by atoms with Gasteiger partial charge in [0.05, 0.1) is 22.1 Å². The van der Waals surface area contributed by atoms with Crippen LogP contribution in [0.25, 0.3) is 127 Å². The van der Waals surface area contributed by atoms with Gasteiger partial charge >= 0.3 is 0 Å². The van der Waals surface area contributed by atoms with Gasteiger partial charge in [0.15, 0.2) is 0 Å². The maximum absolute atomic E-state index is 6.98. The Morgan fingerprint density at radius 2 is 0.753 bits per heavy atom. The number of rotatable bonds is 9. The third-order valence-corrected chi connectivity index (χ3v) is 15.6. The first-order valence-electron chi connectivity index (χ1n) is 26.4. The first kappa shape index (κ1) is 44.3. The highest BCUT2D eigenvalue weighted by Gasteiger charge is 2.24. The fourth-order valence-corrected chi connectivity index (χ4v) is 12.1. The molecule has 0 spiro atoms. The highest BCUT2D eigenvalue weighted by Crippen LogP contribution is 2.48. The van der Waals surface area contributed by atoms with Crippen LogP contribution in [0, 0.1) is 0 Å². The number of hydrogen-bond acceptors (Lipinski definition) is 2. The predicted octanol–water partition coefficient (Wildman–Crippen LogP) is 20.8. The third kappa shape index (κ3) is 7.43. The Morgan fingerprint density at radius 3 is 1.48 bits per heavy atom. The van der Waals surface area contributed by atoms with E-state index in [4.69, 9.17) is 4.42 Å². The smallest absolute Gasteiger partial charge is 0.145 e. The molecular formula is C74H48N2O. The van der Waals surface area contributed by atoms with Crippen molar-refractivity contribution < 1.29 is 4.42 Å². The second-order valence-electron chi connectivity index (χ2n) is 19.9. The zero-order chi connectivity index (χ0) is 50.8. The molecule has 2 heterocycles. The van der Waals surface area contributed by atoms with E-state index >= 15 is 0 Å². The minimum absolute atomic E-state index is 0.854.